The molecule has 1 amide bonds. The van der Waals surface area contributed by atoms with Crippen LogP contribution in [0.4, 0.5) is 5.82 Å². The first-order valence-corrected chi connectivity index (χ1v) is 10.7. The third-order valence-corrected chi connectivity index (χ3v) is 6.43. The third-order valence-electron chi connectivity index (χ3n) is 6.02. The maximum atomic E-state index is 12.5. The molecule has 160 valence electrons. The van der Waals surface area contributed by atoms with E-state index in [1.165, 1.54) is 0 Å². The van der Waals surface area contributed by atoms with E-state index in [9.17, 15) is 4.79 Å². The van der Waals surface area contributed by atoms with Crippen molar-refractivity contribution < 1.29 is 9.53 Å². The van der Waals surface area contributed by atoms with E-state index in [1.807, 2.05) is 32.0 Å². The summed E-state index contributed by atoms with van der Waals surface area (Å²) >= 11 is 6.31. The maximum absolute atomic E-state index is 12.5. The Kier molecular flexibility index (Phi) is 5.95. The highest BCUT2D eigenvalue weighted by Gasteiger charge is 2.41. The summed E-state index contributed by atoms with van der Waals surface area (Å²) in [6.45, 7) is 7.58. The number of benzene rings is 1. The largest absolute Gasteiger partial charge is 0.379 e. The number of carbonyl (C=O) groups is 1. The van der Waals surface area contributed by atoms with E-state index in [1.54, 1.807) is 6.20 Å². The molecule has 3 heterocycles. The summed E-state index contributed by atoms with van der Waals surface area (Å²) in [4.78, 5) is 24.2. The number of halogens is 1. The Hall–Kier alpha value is -2.22. The highest BCUT2D eigenvalue weighted by atomic mass is 35.5. The molecule has 3 N–H and O–H groups in total. The lowest BCUT2D eigenvalue weighted by atomic mass is 9.87. The predicted molar refractivity (Wildman–Crippen MR) is 117 cm³/mol. The fourth-order valence-corrected chi connectivity index (χ4v) is 3.99. The number of carbonyl (C=O) groups excluding carboxylic acids is 1. The second-order valence-corrected chi connectivity index (χ2v) is 8.99. The number of hydrogen-bond donors (Lipinski definition) is 2. The van der Waals surface area contributed by atoms with Crippen LogP contribution in [0.25, 0.3) is 11.4 Å². The van der Waals surface area contributed by atoms with E-state index in [2.05, 4.69) is 15.2 Å². The Bertz CT molecular complexity index is 947. The van der Waals surface area contributed by atoms with Gasteiger partial charge in [-0.05, 0) is 44.4 Å². The molecule has 1 unspecified atom stereocenters. The van der Waals surface area contributed by atoms with Crippen molar-refractivity contribution in [3.63, 3.8) is 0 Å². The molecule has 1 aromatic heterocycles. The first-order valence-electron chi connectivity index (χ1n) is 10.3. The van der Waals surface area contributed by atoms with Crippen molar-refractivity contribution in [1.82, 2.24) is 15.3 Å². The topological polar surface area (TPSA) is 93.4 Å². The molecule has 0 aliphatic carbocycles. The van der Waals surface area contributed by atoms with Crippen molar-refractivity contribution in [1.29, 1.82) is 0 Å². The molecule has 4 rings (SSSR count). The number of nitrogens with two attached hydrogens (primary N) is 1. The average Bonchev–Trinajstić information content (AvgIpc) is 3.21. The van der Waals surface area contributed by atoms with Crippen LogP contribution in [-0.2, 0) is 16.1 Å². The summed E-state index contributed by atoms with van der Waals surface area (Å²) in [5.74, 6) is 1.92. The summed E-state index contributed by atoms with van der Waals surface area (Å²) in [5, 5.41) is 3.72. The van der Waals surface area contributed by atoms with Crippen molar-refractivity contribution in [3.8, 4) is 11.4 Å². The fraction of sp³-hybridized carbons (Fsp3) is 0.500. The van der Waals surface area contributed by atoms with E-state index in [-0.39, 0.29) is 5.91 Å². The van der Waals surface area contributed by atoms with E-state index >= 15 is 0 Å². The van der Waals surface area contributed by atoms with Crippen LogP contribution in [0, 0.1) is 18.3 Å². The average molecular weight is 430 g/mol. The number of rotatable bonds is 6. The van der Waals surface area contributed by atoms with Crippen LogP contribution in [0.3, 0.4) is 0 Å². The predicted octanol–water partition coefficient (Wildman–Crippen LogP) is 2.54. The second kappa shape index (κ2) is 8.49. The summed E-state index contributed by atoms with van der Waals surface area (Å²) in [7, 11) is 0. The van der Waals surface area contributed by atoms with Gasteiger partial charge >= 0.3 is 0 Å². The minimum absolute atomic E-state index is 0.00431. The number of amides is 1. The zero-order valence-electron chi connectivity index (χ0n) is 17.4. The number of hydrogen-bond acceptors (Lipinski definition) is 6. The monoisotopic (exact) mass is 429 g/mol. The lowest BCUT2D eigenvalue weighted by Gasteiger charge is -2.36. The molecular formula is C22H28ClN5O2. The zero-order chi connectivity index (χ0) is 21.3. The molecular weight excluding hydrogens is 402 g/mol. The molecule has 2 aliphatic heterocycles. The van der Waals surface area contributed by atoms with Crippen molar-refractivity contribution in [2.75, 3.05) is 37.7 Å². The van der Waals surface area contributed by atoms with Crippen molar-refractivity contribution in [2.45, 2.75) is 26.8 Å². The highest BCUT2D eigenvalue weighted by Crippen LogP contribution is 2.30. The minimum atomic E-state index is -0.447. The van der Waals surface area contributed by atoms with Gasteiger partial charge in [0.25, 0.3) is 0 Å². The van der Waals surface area contributed by atoms with E-state index in [0.717, 1.165) is 42.0 Å². The molecule has 8 heteroatoms. The number of aryl methyl sites for hydroxylation is 1. The van der Waals surface area contributed by atoms with Gasteiger partial charge in [-0.15, -0.1) is 0 Å². The van der Waals surface area contributed by atoms with Gasteiger partial charge in [0.15, 0.2) is 5.82 Å². The Labute approximate surface area is 182 Å². The number of nitrogens with one attached hydrogen (secondary N) is 1. The molecule has 1 atom stereocenters. The van der Waals surface area contributed by atoms with Crippen LogP contribution in [0.5, 0.6) is 0 Å². The molecule has 0 spiro atoms. The Morgan fingerprint density at radius 1 is 1.43 bits per heavy atom. The van der Waals surface area contributed by atoms with Crippen LogP contribution < -0.4 is 16.0 Å². The standard InChI is InChI=1S/C22H28ClN5O2/c1-14-3-4-16(7-18(14)23)19-25-9-17(10-26-21(29)22(2)12-30-13-22)20(27-19)28-6-5-15(8-24)11-28/h3-4,7,9,15H,5-6,8,10-13,24H2,1-2H3,(H,26,29). The van der Waals surface area contributed by atoms with Gasteiger partial charge in [0.05, 0.1) is 18.6 Å². The molecule has 30 heavy (non-hydrogen) atoms. The fourth-order valence-electron chi connectivity index (χ4n) is 3.81. The van der Waals surface area contributed by atoms with Crippen LogP contribution in [-0.4, -0.2) is 48.7 Å². The smallest absolute Gasteiger partial charge is 0.230 e. The zero-order valence-corrected chi connectivity index (χ0v) is 18.2. The minimum Gasteiger partial charge on any atom is -0.379 e. The van der Waals surface area contributed by atoms with Crippen molar-refractivity contribution in [2.24, 2.45) is 17.1 Å². The first-order chi connectivity index (χ1) is 14.4. The molecule has 2 fully saturated rings. The van der Waals surface area contributed by atoms with Crippen LogP contribution in [0.1, 0.15) is 24.5 Å². The van der Waals surface area contributed by atoms with Crippen LogP contribution in [0.15, 0.2) is 24.4 Å². The maximum Gasteiger partial charge on any atom is 0.230 e. The molecule has 7 nitrogen and oxygen atoms in total. The van der Waals surface area contributed by atoms with Crippen LogP contribution >= 0.6 is 11.6 Å². The normalized spacial score (nSPS) is 20.1. The summed E-state index contributed by atoms with van der Waals surface area (Å²) < 4.78 is 5.21. The molecule has 1 aromatic carbocycles. The van der Waals surface area contributed by atoms with E-state index in [4.69, 9.17) is 27.1 Å². The summed E-state index contributed by atoms with van der Waals surface area (Å²) in [5.41, 5.74) is 8.22. The summed E-state index contributed by atoms with van der Waals surface area (Å²) in [6.07, 6.45) is 2.84. The van der Waals surface area contributed by atoms with E-state index in [0.29, 0.717) is 43.1 Å². The van der Waals surface area contributed by atoms with Gasteiger partial charge in [0.1, 0.15) is 5.82 Å². The highest BCUT2D eigenvalue weighted by molar-refractivity contribution is 6.31. The first kappa shape index (κ1) is 21.0. The van der Waals surface area contributed by atoms with Gasteiger partial charge in [-0.2, -0.15) is 0 Å². The Morgan fingerprint density at radius 3 is 2.87 bits per heavy atom. The molecule has 2 saturated heterocycles. The molecule has 2 aliphatic rings. The number of anilines is 1. The quantitative estimate of drug-likeness (QED) is 0.732. The number of ether oxygens (including phenoxy) is 1. The molecule has 0 radical (unpaired) electrons. The second-order valence-electron chi connectivity index (χ2n) is 8.58. The van der Waals surface area contributed by atoms with Gasteiger partial charge < -0.3 is 20.7 Å². The lowest BCUT2D eigenvalue weighted by Crippen LogP contribution is -2.51. The lowest BCUT2D eigenvalue weighted by molar-refractivity contribution is -0.157. The van der Waals surface area contributed by atoms with Gasteiger partial charge in [0, 0.05) is 42.0 Å². The molecule has 2 aromatic rings. The van der Waals surface area contributed by atoms with Crippen molar-refractivity contribution >= 4 is 23.3 Å². The van der Waals surface area contributed by atoms with E-state index < -0.39 is 5.41 Å². The third kappa shape index (κ3) is 4.15. The van der Waals surface area contributed by atoms with Crippen molar-refractivity contribution in [3.05, 3.63) is 40.5 Å². The summed E-state index contributed by atoms with van der Waals surface area (Å²) in [6, 6.07) is 5.84. The molecule has 0 bridgehead atoms. The van der Waals surface area contributed by atoms with Crippen LogP contribution in [0.2, 0.25) is 5.02 Å². The van der Waals surface area contributed by atoms with Gasteiger partial charge in [0.2, 0.25) is 5.91 Å². The number of nitrogens with zero attached hydrogens (tertiary/aromatic N) is 3. The van der Waals surface area contributed by atoms with Gasteiger partial charge in [-0.25, -0.2) is 9.97 Å². The Balaban J connectivity index is 1.61. The number of aromatic nitrogens is 2. The SMILES string of the molecule is Cc1ccc(-c2ncc(CNC(=O)C3(C)COC3)c(N3CCC(CN)C3)n2)cc1Cl. The van der Waals surface area contributed by atoms with Gasteiger partial charge in [-0.3, -0.25) is 4.79 Å². The molecule has 0 saturated carbocycles. The Morgan fingerprint density at radius 2 is 2.23 bits per heavy atom. The van der Waals surface area contributed by atoms with Gasteiger partial charge in [-0.1, -0.05) is 23.7 Å².